The minimum atomic E-state index is -7.40. The molecule has 0 spiro atoms. The average Bonchev–Trinajstić information content (AvgIpc) is 2.36. The van der Waals surface area contributed by atoms with Gasteiger partial charge in [0.25, 0.3) is 10.0 Å². The van der Waals surface area contributed by atoms with E-state index >= 15 is 0 Å². The zero-order valence-corrected chi connectivity index (χ0v) is 12.5. The van der Waals surface area contributed by atoms with Gasteiger partial charge in [-0.15, -0.1) is 0 Å². The second kappa shape index (κ2) is 6.24. The number of halogens is 9. The van der Waals surface area contributed by atoms with Crippen molar-refractivity contribution in [2.75, 3.05) is 7.05 Å². The maximum absolute atomic E-state index is 13.5. The highest BCUT2D eigenvalue weighted by Gasteiger charge is 2.85. The van der Waals surface area contributed by atoms with E-state index in [9.17, 15) is 52.7 Å². The molecular formula is C9H10F9NO4S. The Kier molecular flexibility index (Phi) is 5.91. The summed E-state index contributed by atoms with van der Waals surface area (Å²) in [7, 11) is -6.87. The molecule has 0 heterocycles. The Bertz CT molecular complexity index is 586. The molecule has 0 aromatic rings. The van der Waals surface area contributed by atoms with Crippen LogP contribution in [-0.4, -0.2) is 60.2 Å². The quantitative estimate of drug-likeness (QED) is 0.668. The van der Waals surface area contributed by atoms with Crippen LogP contribution in [0.25, 0.3) is 0 Å². The molecule has 0 aliphatic rings. The summed E-state index contributed by atoms with van der Waals surface area (Å²) in [5.74, 6) is -16.9. The van der Waals surface area contributed by atoms with Crippen molar-refractivity contribution in [3.63, 3.8) is 0 Å². The van der Waals surface area contributed by atoms with Gasteiger partial charge >= 0.3 is 29.2 Å². The fourth-order valence-electron chi connectivity index (χ4n) is 1.46. The van der Waals surface area contributed by atoms with Gasteiger partial charge in [-0.3, -0.25) is 4.79 Å². The molecule has 0 saturated carbocycles. The Morgan fingerprint density at radius 3 is 1.62 bits per heavy atom. The van der Waals surface area contributed by atoms with Crippen molar-refractivity contribution >= 4 is 16.0 Å². The molecule has 15 heteroatoms. The lowest BCUT2D eigenvalue weighted by Gasteiger charge is -2.35. The van der Waals surface area contributed by atoms with Gasteiger partial charge in [0.05, 0.1) is 0 Å². The Morgan fingerprint density at radius 1 is 1.00 bits per heavy atom. The highest BCUT2D eigenvalue weighted by atomic mass is 32.2. The lowest BCUT2D eigenvalue weighted by molar-refractivity contribution is -0.382. The normalized spacial score (nSPS) is 16.3. The van der Waals surface area contributed by atoms with Crippen LogP contribution in [0.2, 0.25) is 0 Å². The van der Waals surface area contributed by atoms with Gasteiger partial charge < -0.3 is 5.11 Å². The Labute approximate surface area is 129 Å². The topological polar surface area (TPSA) is 74.7 Å². The number of sulfonamides is 1. The summed E-state index contributed by atoms with van der Waals surface area (Å²) in [6.45, 7) is 0.922. The van der Waals surface area contributed by atoms with Gasteiger partial charge in [-0.05, 0) is 6.42 Å². The van der Waals surface area contributed by atoms with Gasteiger partial charge in [-0.1, -0.05) is 6.92 Å². The van der Waals surface area contributed by atoms with E-state index in [1.165, 1.54) is 0 Å². The average molecular weight is 399 g/mol. The Morgan fingerprint density at radius 2 is 1.38 bits per heavy atom. The number of carbonyl (C=O) groups is 1. The molecule has 5 nitrogen and oxygen atoms in total. The number of rotatable bonds is 7. The van der Waals surface area contributed by atoms with Crippen LogP contribution in [0.1, 0.15) is 13.3 Å². The summed E-state index contributed by atoms with van der Waals surface area (Å²) in [5, 5.41) is 1.65. The van der Waals surface area contributed by atoms with E-state index in [0.29, 0.717) is 0 Å². The Balaban J connectivity index is 6.27. The van der Waals surface area contributed by atoms with Crippen LogP contribution < -0.4 is 0 Å². The van der Waals surface area contributed by atoms with Crippen LogP contribution in [0.5, 0.6) is 0 Å². The van der Waals surface area contributed by atoms with Gasteiger partial charge in [0, 0.05) is 7.05 Å². The molecule has 144 valence electrons. The largest absolute Gasteiger partial charge is 0.480 e. The smallest absolute Gasteiger partial charge is 0.460 e. The molecule has 0 aliphatic heterocycles. The molecule has 1 atom stereocenters. The third-order valence-corrected chi connectivity index (χ3v) is 4.85. The zero-order valence-electron chi connectivity index (χ0n) is 11.7. The van der Waals surface area contributed by atoms with Crippen molar-refractivity contribution in [3.05, 3.63) is 0 Å². The minimum absolute atomic E-state index is 0.0351. The van der Waals surface area contributed by atoms with E-state index in [2.05, 4.69) is 0 Å². The summed E-state index contributed by atoms with van der Waals surface area (Å²) in [6.07, 6.45) is -7.95. The predicted octanol–water partition coefficient (Wildman–Crippen LogP) is 2.54. The molecule has 0 rings (SSSR count). The SMILES string of the molecule is CCC(C(=O)O)N(C)S(=O)(=O)C(F)(F)C(F)(F)C(F)(F)C(F)(F)F. The lowest BCUT2D eigenvalue weighted by Crippen LogP contribution is -2.65. The summed E-state index contributed by atoms with van der Waals surface area (Å²) in [6, 6.07) is -2.39. The summed E-state index contributed by atoms with van der Waals surface area (Å²) in [4.78, 5) is 10.7. The highest BCUT2D eigenvalue weighted by molar-refractivity contribution is 7.90. The van der Waals surface area contributed by atoms with Gasteiger partial charge in [-0.2, -0.15) is 43.8 Å². The Hall–Kier alpha value is -1.25. The van der Waals surface area contributed by atoms with Crippen molar-refractivity contribution in [3.8, 4) is 0 Å². The van der Waals surface area contributed by atoms with E-state index in [4.69, 9.17) is 5.11 Å². The minimum Gasteiger partial charge on any atom is -0.480 e. The molecule has 0 radical (unpaired) electrons. The number of nitrogens with zero attached hydrogens (tertiary/aromatic N) is 1. The van der Waals surface area contributed by atoms with Crippen LogP contribution in [0.15, 0.2) is 0 Å². The number of aliphatic carboxylic acids is 1. The van der Waals surface area contributed by atoms with Gasteiger partial charge in [0.2, 0.25) is 0 Å². The molecular weight excluding hydrogens is 389 g/mol. The van der Waals surface area contributed by atoms with Crippen LogP contribution in [0, 0.1) is 0 Å². The van der Waals surface area contributed by atoms with Crippen LogP contribution in [0.4, 0.5) is 39.5 Å². The standard InChI is InChI=1S/C9H10F9NO4S/c1-3-4(5(20)21)19(2)24(22,23)9(17,18)7(12,13)6(10,11)8(14,15)16/h4H,3H2,1-2H3,(H,20,21). The molecule has 0 saturated heterocycles. The number of hydrogen-bond donors (Lipinski definition) is 1. The van der Waals surface area contributed by atoms with Crippen molar-refractivity contribution in [1.29, 1.82) is 0 Å². The first-order chi connectivity index (χ1) is 10.3. The third-order valence-electron chi connectivity index (χ3n) is 2.93. The first-order valence-corrected chi connectivity index (χ1v) is 7.15. The summed E-state index contributed by atoms with van der Waals surface area (Å²) < 4.78 is 136. The molecule has 0 aromatic carbocycles. The van der Waals surface area contributed by atoms with Gasteiger partial charge in [0.15, 0.2) is 0 Å². The monoisotopic (exact) mass is 399 g/mol. The molecule has 0 fully saturated rings. The van der Waals surface area contributed by atoms with Crippen molar-refractivity contribution < 1.29 is 57.8 Å². The van der Waals surface area contributed by atoms with E-state index < -0.39 is 56.0 Å². The fraction of sp³-hybridized carbons (Fsp3) is 0.889. The molecule has 0 amide bonds. The fourth-order valence-corrected chi connectivity index (χ4v) is 2.85. The van der Waals surface area contributed by atoms with Gasteiger partial charge in [0.1, 0.15) is 6.04 Å². The summed E-state index contributed by atoms with van der Waals surface area (Å²) >= 11 is 0. The second-order valence-electron chi connectivity index (χ2n) is 4.45. The lowest BCUT2D eigenvalue weighted by atomic mass is 10.1. The maximum atomic E-state index is 13.5. The highest BCUT2D eigenvalue weighted by Crippen LogP contribution is 2.55. The predicted molar refractivity (Wildman–Crippen MR) is 59.3 cm³/mol. The second-order valence-corrected chi connectivity index (χ2v) is 6.49. The van der Waals surface area contributed by atoms with Crippen molar-refractivity contribution in [2.45, 2.75) is 42.7 Å². The van der Waals surface area contributed by atoms with E-state index in [1.54, 1.807) is 0 Å². The van der Waals surface area contributed by atoms with Crippen molar-refractivity contribution in [1.82, 2.24) is 4.31 Å². The first-order valence-electron chi connectivity index (χ1n) is 5.71. The number of hydrogen-bond acceptors (Lipinski definition) is 3. The van der Waals surface area contributed by atoms with Crippen LogP contribution >= 0.6 is 0 Å². The third kappa shape index (κ3) is 3.14. The van der Waals surface area contributed by atoms with Crippen LogP contribution in [0.3, 0.4) is 0 Å². The molecule has 0 aromatic heterocycles. The number of likely N-dealkylation sites (N-methyl/N-ethyl adjacent to an activating group) is 1. The molecule has 0 aliphatic carbocycles. The van der Waals surface area contributed by atoms with E-state index in [0.717, 1.165) is 6.92 Å². The number of alkyl halides is 9. The van der Waals surface area contributed by atoms with Gasteiger partial charge in [-0.25, -0.2) is 8.42 Å². The molecule has 24 heavy (non-hydrogen) atoms. The number of carboxylic acid groups (broad SMARTS) is 1. The molecule has 1 unspecified atom stereocenters. The van der Waals surface area contributed by atoms with Crippen molar-refractivity contribution in [2.24, 2.45) is 0 Å². The maximum Gasteiger partial charge on any atom is 0.460 e. The molecule has 0 bridgehead atoms. The zero-order chi connectivity index (χ0) is 19.9. The summed E-state index contributed by atoms with van der Waals surface area (Å²) in [5.41, 5.74) is 0. The van der Waals surface area contributed by atoms with E-state index in [-0.39, 0.29) is 7.05 Å². The number of carboxylic acids is 1. The van der Waals surface area contributed by atoms with E-state index in [1.807, 2.05) is 0 Å². The van der Waals surface area contributed by atoms with Crippen LogP contribution in [-0.2, 0) is 14.8 Å². The molecule has 1 N–H and O–H groups in total. The first kappa shape index (κ1) is 22.8.